The zero-order valence-corrected chi connectivity index (χ0v) is 16.2. The molecule has 1 saturated heterocycles. The zero-order chi connectivity index (χ0) is 19.0. The Balaban J connectivity index is 1.58. The number of rotatable bonds is 5. The number of hydrogen-bond acceptors (Lipinski definition) is 6. The highest BCUT2D eigenvalue weighted by atomic mass is 16.5. The molecular formula is C21H26N6O. The lowest BCUT2D eigenvalue weighted by molar-refractivity contribution is 0.211. The molecule has 2 aromatic heterocycles. The molecular weight excluding hydrogens is 352 g/mol. The molecule has 7 nitrogen and oxygen atoms in total. The summed E-state index contributed by atoms with van der Waals surface area (Å²) in [4.78, 5) is 14.6. The summed E-state index contributed by atoms with van der Waals surface area (Å²) < 4.78 is 5.18. The molecule has 146 valence electrons. The lowest BCUT2D eigenvalue weighted by atomic mass is 9.74. The summed E-state index contributed by atoms with van der Waals surface area (Å²) in [7, 11) is 1.73. The van der Waals surface area contributed by atoms with Crippen LogP contribution in [-0.4, -0.2) is 54.8 Å². The highest BCUT2D eigenvalue weighted by molar-refractivity contribution is 5.91. The monoisotopic (exact) mass is 378 g/mol. The lowest BCUT2D eigenvalue weighted by Gasteiger charge is -2.35. The number of anilines is 3. The average molecular weight is 378 g/mol. The molecule has 2 aliphatic rings. The first-order valence-electron chi connectivity index (χ1n) is 9.94. The van der Waals surface area contributed by atoms with E-state index in [1.54, 1.807) is 13.4 Å². The van der Waals surface area contributed by atoms with Crippen molar-refractivity contribution in [1.82, 2.24) is 20.3 Å². The third kappa shape index (κ3) is 2.82. The van der Waals surface area contributed by atoms with Gasteiger partial charge in [0.1, 0.15) is 17.8 Å². The summed E-state index contributed by atoms with van der Waals surface area (Å²) >= 11 is 0. The topological polar surface area (TPSA) is 78.1 Å². The van der Waals surface area contributed by atoms with E-state index in [0.717, 1.165) is 61.6 Å². The van der Waals surface area contributed by atoms with E-state index in [1.165, 1.54) is 11.3 Å². The van der Waals surface area contributed by atoms with E-state index in [0.29, 0.717) is 6.61 Å². The van der Waals surface area contributed by atoms with Crippen molar-refractivity contribution in [3.8, 4) is 0 Å². The molecule has 0 unspecified atom stereocenters. The van der Waals surface area contributed by atoms with Crippen molar-refractivity contribution >= 4 is 28.2 Å². The van der Waals surface area contributed by atoms with E-state index in [-0.39, 0.29) is 5.41 Å². The summed E-state index contributed by atoms with van der Waals surface area (Å²) in [5.41, 5.74) is 4.90. The second-order valence-electron chi connectivity index (χ2n) is 7.71. The Labute approximate surface area is 164 Å². The maximum atomic E-state index is 5.18. The second-order valence-corrected chi connectivity index (χ2v) is 7.71. The largest absolute Gasteiger partial charge is 0.383 e. The average Bonchev–Trinajstić information content (AvgIpc) is 3.32. The lowest BCUT2D eigenvalue weighted by Crippen LogP contribution is -2.42. The summed E-state index contributed by atoms with van der Waals surface area (Å²) in [5, 5.41) is 8.08. The molecule has 1 spiro atoms. The first-order valence-corrected chi connectivity index (χ1v) is 9.94. The number of piperidine rings is 1. The molecule has 5 rings (SSSR count). The molecule has 3 N–H and O–H groups in total. The number of ether oxygens (including phenoxy) is 1. The van der Waals surface area contributed by atoms with Gasteiger partial charge in [-0.05, 0) is 55.8 Å². The Morgan fingerprint density at radius 1 is 1.21 bits per heavy atom. The number of H-pyrrole nitrogens is 1. The van der Waals surface area contributed by atoms with Gasteiger partial charge in [0.25, 0.3) is 0 Å². The number of benzene rings is 1. The normalized spacial score (nSPS) is 18.0. The van der Waals surface area contributed by atoms with Crippen molar-refractivity contribution in [3.63, 3.8) is 0 Å². The van der Waals surface area contributed by atoms with Gasteiger partial charge in [0.2, 0.25) is 0 Å². The van der Waals surface area contributed by atoms with Crippen molar-refractivity contribution in [2.75, 3.05) is 50.1 Å². The molecule has 0 bridgehead atoms. The maximum Gasteiger partial charge on any atom is 0.145 e. The van der Waals surface area contributed by atoms with Crippen LogP contribution in [0.2, 0.25) is 0 Å². The summed E-state index contributed by atoms with van der Waals surface area (Å²) in [6, 6.07) is 8.81. The quantitative estimate of drug-likeness (QED) is 0.593. The van der Waals surface area contributed by atoms with Crippen LogP contribution in [0.3, 0.4) is 0 Å². The van der Waals surface area contributed by atoms with Crippen LogP contribution in [-0.2, 0) is 10.2 Å². The van der Waals surface area contributed by atoms with Crippen molar-refractivity contribution in [2.45, 2.75) is 18.3 Å². The van der Waals surface area contributed by atoms with Crippen LogP contribution in [0.1, 0.15) is 18.4 Å². The molecule has 7 heteroatoms. The smallest absolute Gasteiger partial charge is 0.145 e. The minimum Gasteiger partial charge on any atom is -0.383 e. The van der Waals surface area contributed by atoms with E-state index in [9.17, 15) is 0 Å². The van der Waals surface area contributed by atoms with Crippen LogP contribution in [0.15, 0.2) is 36.8 Å². The first-order chi connectivity index (χ1) is 13.8. The number of nitrogens with one attached hydrogen (secondary N) is 3. The fraction of sp³-hybridized carbons (Fsp3) is 0.429. The molecule has 0 saturated carbocycles. The molecule has 0 amide bonds. The fourth-order valence-electron chi connectivity index (χ4n) is 4.67. The molecule has 1 aromatic carbocycles. The van der Waals surface area contributed by atoms with Gasteiger partial charge in [0.05, 0.1) is 12.0 Å². The van der Waals surface area contributed by atoms with Gasteiger partial charge in [-0.25, -0.2) is 9.97 Å². The third-order valence-electron chi connectivity index (χ3n) is 6.10. The first kappa shape index (κ1) is 17.5. The molecule has 0 aliphatic carbocycles. The van der Waals surface area contributed by atoms with Crippen molar-refractivity contribution < 1.29 is 4.74 Å². The molecule has 2 aliphatic heterocycles. The van der Waals surface area contributed by atoms with E-state index >= 15 is 0 Å². The SMILES string of the molecule is COCCNc1ccc2c(c1)C1(CCNCC1)CN2c1ncnc2[nH]ccc12. The van der Waals surface area contributed by atoms with Gasteiger partial charge < -0.3 is 25.3 Å². The van der Waals surface area contributed by atoms with Gasteiger partial charge in [-0.1, -0.05) is 0 Å². The Bertz CT molecular complexity index is 978. The van der Waals surface area contributed by atoms with Gasteiger partial charge in [-0.15, -0.1) is 0 Å². The highest BCUT2D eigenvalue weighted by Gasteiger charge is 2.44. The Kier molecular flexibility index (Phi) is 4.41. The van der Waals surface area contributed by atoms with Crippen LogP contribution in [0.5, 0.6) is 0 Å². The van der Waals surface area contributed by atoms with E-state index in [4.69, 9.17) is 4.74 Å². The fourth-order valence-corrected chi connectivity index (χ4v) is 4.67. The summed E-state index contributed by atoms with van der Waals surface area (Å²) in [6.45, 7) is 4.58. The highest BCUT2D eigenvalue weighted by Crippen LogP contribution is 2.50. The van der Waals surface area contributed by atoms with Crippen LogP contribution in [0.4, 0.5) is 17.2 Å². The summed E-state index contributed by atoms with van der Waals surface area (Å²) in [6.07, 6.45) is 5.86. The second kappa shape index (κ2) is 7.07. The third-order valence-corrected chi connectivity index (χ3v) is 6.10. The predicted octanol–water partition coefficient (Wildman–Crippen LogP) is 2.79. The van der Waals surface area contributed by atoms with Crippen LogP contribution < -0.4 is 15.5 Å². The van der Waals surface area contributed by atoms with Crippen molar-refractivity contribution in [3.05, 3.63) is 42.4 Å². The number of methoxy groups -OCH3 is 1. The van der Waals surface area contributed by atoms with Crippen LogP contribution >= 0.6 is 0 Å². The number of nitrogens with zero attached hydrogens (tertiary/aromatic N) is 3. The number of aromatic amines is 1. The van der Waals surface area contributed by atoms with Gasteiger partial charge in [0.15, 0.2) is 0 Å². The predicted molar refractivity (Wildman–Crippen MR) is 111 cm³/mol. The van der Waals surface area contributed by atoms with E-state index in [1.807, 2.05) is 6.20 Å². The Morgan fingerprint density at radius 3 is 2.96 bits per heavy atom. The zero-order valence-electron chi connectivity index (χ0n) is 16.2. The number of hydrogen-bond donors (Lipinski definition) is 3. The molecule has 1 fully saturated rings. The van der Waals surface area contributed by atoms with Crippen molar-refractivity contribution in [2.24, 2.45) is 0 Å². The molecule has 28 heavy (non-hydrogen) atoms. The van der Waals surface area contributed by atoms with Crippen LogP contribution in [0.25, 0.3) is 11.0 Å². The number of aromatic nitrogens is 3. The Morgan fingerprint density at radius 2 is 2.11 bits per heavy atom. The van der Waals surface area contributed by atoms with E-state index < -0.39 is 0 Å². The van der Waals surface area contributed by atoms with Gasteiger partial charge in [0, 0.05) is 43.2 Å². The minimum atomic E-state index is 0.160. The Hall–Kier alpha value is -2.64. The molecule has 3 aromatic rings. The number of fused-ring (bicyclic) bond motifs is 3. The minimum absolute atomic E-state index is 0.160. The molecule has 4 heterocycles. The van der Waals surface area contributed by atoms with E-state index in [2.05, 4.69) is 54.8 Å². The standard InChI is InChI=1S/C21H26N6O/c1-28-11-10-23-15-2-3-18-17(12-15)21(5-8-22-9-6-21)13-27(18)20-16-4-7-24-19(16)25-14-26-20/h2-4,7,12,14,22-23H,5-6,8-11,13H2,1H3,(H,24,25,26). The van der Waals surface area contributed by atoms with Crippen molar-refractivity contribution in [1.29, 1.82) is 0 Å². The van der Waals surface area contributed by atoms with Gasteiger partial charge in [-0.2, -0.15) is 0 Å². The van der Waals surface area contributed by atoms with Gasteiger partial charge >= 0.3 is 0 Å². The van der Waals surface area contributed by atoms with Crippen LogP contribution in [0, 0.1) is 0 Å². The van der Waals surface area contributed by atoms with Gasteiger partial charge in [-0.3, -0.25) is 0 Å². The molecule has 0 atom stereocenters. The molecule has 0 radical (unpaired) electrons. The maximum absolute atomic E-state index is 5.18. The summed E-state index contributed by atoms with van der Waals surface area (Å²) in [5.74, 6) is 0.989.